The SMILES string of the molecule is Cc1ccc2nc(C(F)(F)Oc3ccc(-c4cc(F)c(F)c(F)c4)c(F)c3)sc2c1. The molecule has 0 amide bonds. The molecule has 0 aliphatic carbocycles. The van der Waals surface area contributed by atoms with E-state index in [4.69, 9.17) is 0 Å². The summed E-state index contributed by atoms with van der Waals surface area (Å²) in [7, 11) is 0. The predicted molar refractivity (Wildman–Crippen MR) is 101 cm³/mol. The molecule has 2 nitrogen and oxygen atoms in total. The first-order valence-corrected chi connectivity index (χ1v) is 9.34. The number of benzene rings is 3. The van der Waals surface area contributed by atoms with Crippen LogP contribution in [0.1, 0.15) is 10.6 Å². The van der Waals surface area contributed by atoms with Crippen LogP contribution >= 0.6 is 11.3 Å². The Morgan fingerprint density at radius 1 is 0.867 bits per heavy atom. The molecule has 0 spiro atoms. The molecule has 0 aliphatic heterocycles. The fraction of sp³-hybridized carbons (Fsp3) is 0.0952. The first-order valence-electron chi connectivity index (χ1n) is 8.53. The predicted octanol–water partition coefficient (Wildman–Crippen LogP) is 6.96. The van der Waals surface area contributed by atoms with Gasteiger partial charge in [-0.15, -0.1) is 11.3 Å². The van der Waals surface area contributed by atoms with Crippen molar-refractivity contribution in [1.82, 2.24) is 4.98 Å². The van der Waals surface area contributed by atoms with Crippen molar-refractivity contribution < 1.29 is 31.1 Å². The lowest BCUT2D eigenvalue weighted by Crippen LogP contribution is -2.21. The van der Waals surface area contributed by atoms with Gasteiger partial charge in [-0.3, -0.25) is 0 Å². The van der Waals surface area contributed by atoms with Gasteiger partial charge in [-0.2, -0.15) is 8.78 Å². The van der Waals surface area contributed by atoms with Gasteiger partial charge in [0.25, 0.3) is 0 Å². The van der Waals surface area contributed by atoms with Gasteiger partial charge in [-0.05, 0) is 54.4 Å². The zero-order chi connectivity index (χ0) is 21.6. The summed E-state index contributed by atoms with van der Waals surface area (Å²) < 4.78 is 88.6. The minimum absolute atomic E-state index is 0.288. The molecule has 1 heterocycles. The molecule has 30 heavy (non-hydrogen) atoms. The molecule has 154 valence electrons. The molecule has 9 heteroatoms. The fourth-order valence-electron chi connectivity index (χ4n) is 2.85. The van der Waals surface area contributed by atoms with Crippen molar-refractivity contribution in [3.8, 4) is 16.9 Å². The Hall–Kier alpha value is -3.07. The van der Waals surface area contributed by atoms with Crippen molar-refractivity contribution in [3.63, 3.8) is 0 Å². The van der Waals surface area contributed by atoms with Gasteiger partial charge in [0.05, 0.1) is 10.2 Å². The summed E-state index contributed by atoms with van der Waals surface area (Å²) in [5.74, 6) is -6.28. The average molecular weight is 439 g/mol. The summed E-state index contributed by atoms with van der Waals surface area (Å²) in [6, 6.07) is 8.94. The van der Waals surface area contributed by atoms with Crippen LogP contribution in [0.5, 0.6) is 5.75 Å². The third-order valence-electron chi connectivity index (χ3n) is 4.27. The van der Waals surface area contributed by atoms with E-state index in [1.807, 2.05) is 6.92 Å². The number of ether oxygens (including phenoxy) is 1. The molecule has 0 aliphatic rings. The van der Waals surface area contributed by atoms with Gasteiger partial charge in [-0.25, -0.2) is 22.5 Å². The number of thiazole rings is 1. The van der Waals surface area contributed by atoms with E-state index in [0.717, 1.165) is 29.0 Å². The van der Waals surface area contributed by atoms with Crippen LogP contribution in [0.25, 0.3) is 21.3 Å². The highest BCUT2D eigenvalue weighted by molar-refractivity contribution is 7.18. The molecule has 0 unspecified atom stereocenters. The minimum Gasteiger partial charge on any atom is -0.427 e. The number of nitrogens with zero attached hydrogens (tertiary/aromatic N) is 1. The van der Waals surface area contributed by atoms with Gasteiger partial charge in [0, 0.05) is 11.6 Å². The third kappa shape index (κ3) is 3.72. The molecule has 3 aromatic carbocycles. The number of halogens is 6. The summed E-state index contributed by atoms with van der Waals surface area (Å²) in [5.41, 5.74) is 0.668. The standard InChI is InChI=1S/C21H11F6NOS/c1-10-2-5-17-18(6-10)30-20(28-17)21(26,27)29-12-3-4-13(14(22)9-12)11-7-15(23)19(25)16(24)8-11/h2-9H,1H3. The number of aromatic nitrogens is 1. The van der Waals surface area contributed by atoms with E-state index < -0.39 is 40.1 Å². The Balaban J connectivity index is 1.63. The quantitative estimate of drug-likeness (QED) is 0.253. The summed E-state index contributed by atoms with van der Waals surface area (Å²) >= 11 is 0.748. The average Bonchev–Trinajstić information content (AvgIpc) is 3.10. The van der Waals surface area contributed by atoms with E-state index in [9.17, 15) is 26.3 Å². The molecule has 4 aromatic rings. The van der Waals surface area contributed by atoms with Crippen LogP contribution in [0.15, 0.2) is 48.5 Å². The van der Waals surface area contributed by atoms with Crippen molar-refractivity contribution >= 4 is 21.6 Å². The minimum atomic E-state index is -3.83. The van der Waals surface area contributed by atoms with Crippen LogP contribution in [-0.2, 0) is 6.11 Å². The summed E-state index contributed by atoms with van der Waals surface area (Å²) in [6.45, 7) is 1.82. The number of fused-ring (bicyclic) bond motifs is 1. The van der Waals surface area contributed by atoms with Crippen molar-refractivity contribution in [2.45, 2.75) is 13.0 Å². The Kier molecular flexibility index (Phi) is 4.93. The molecule has 0 bridgehead atoms. The molecule has 0 fully saturated rings. The largest absolute Gasteiger partial charge is 0.454 e. The first kappa shape index (κ1) is 20.2. The Labute approximate surface area is 170 Å². The van der Waals surface area contributed by atoms with Crippen molar-refractivity contribution in [2.24, 2.45) is 0 Å². The second-order valence-electron chi connectivity index (χ2n) is 6.50. The van der Waals surface area contributed by atoms with Crippen LogP contribution in [0.4, 0.5) is 26.3 Å². The van der Waals surface area contributed by atoms with Gasteiger partial charge >= 0.3 is 6.11 Å². The molecular weight excluding hydrogens is 428 g/mol. The zero-order valence-electron chi connectivity index (χ0n) is 15.2. The number of hydrogen-bond acceptors (Lipinski definition) is 3. The maximum Gasteiger partial charge on any atom is 0.454 e. The van der Waals surface area contributed by atoms with Crippen molar-refractivity contribution in [2.75, 3.05) is 0 Å². The van der Waals surface area contributed by atoms with Crippen LogP contribution in [0.2, 0.25) is 0 Å². The second kappa shape index (κ2) is 7.32. The second-order valence-corrected chi connectivity index (χ2v) is 7.54. The lowest BCUT2D eigenvalue weighted by atomic mass is 10.0. The van der Waals surface area contributed by atoms with E-state index in [2.05, 4.69) is 9.72 Å². The van der Waals surface area contributed by atoms with Gasteiger partial charge in [0.2, 0.25) is 5.01 Å². The highest BCUT2D eigenvalue weighted by atomic mass is 32.1. The van der Waals surface area contributed by atoms with E-state index >= 15 is 0 Å². The van der Waals surface area contributed by atoms with Crippen LogP contribution in [-0.4, -0.2) is 4.98 Å². The molecule has 0 N–H and O–H groups in total. The van der Waals surface area contributed by atoms with Gasteiger partial charge in [0.15, 0.2) is 17.5 Å². The number of hydrogen-bond donors (Lipinski definition) is 0. The molecule has 4 rings (SSSR count). The third-order valence-corrected chi connectivity index (χ3v) is 5.34. The summed E-state index contributed by atoms with van der Waals surface area (Å²) in [4.78, 5) is 3.87. The lowest BCUT2D eigenvalue weighted by Gasteiger charge is -2.16. The maximum absolute atomic E-state index is 14.5. The van der Waals surface area contributed by atoms with E-state index in [-0.39, 0.29) is 11.1 Å². The molecule has 0 saturated heterocycles. The van der Waals surface area contributed by atoms with Crippen LogP contribution < -0.4 is 4.74 Å². The Morgan fingerprint density at radius 2 is 1.57 bits per heavy atom. The Bertz CT molecular complexity index is 1250. The molecule has 0 atom stereocenters. The van der Waals surface area contributed by atoms with Crippen LogP contribution in [0, 0.1) is 30.2 Å². The van der Waals surface area contributed by atoms with E-state index in [0.29, 0.717) is 28.4 Å². The smallest absolute Gasteiger partial charge is 0.427 e. The monoisotopic (exact) mass is 439 g/mol. The first-order chi connectivity index (χ1) is 14.1. The highest BCUT2D eigenvalue weighted by Crippen LogP contribution is 2.38. The Morgan fingerprint density at radius 3 is 2.23 bits per heavy atom. The summed E-state index contributed by atoms with van der Waals surface area (Å²) in [5, 5.41) is -0.602. The maximum atomic E-state index is 14.5. The van der Waals surface area contributed by atoms with Gasteiger partial charge in [0.1, 0.15) is 11.6 Å². The molecular formula is C21H11F6NOS. The molecule has 0 saturated carbocycles. The van der Waals surface area contributed by atoms with Crippen molar-refractivity contribution in [3.05, 3.63) is 82.4 Å². The topological polar surface area (TPSA) is 22.1 Å². The van der Waals surface area contributed by atoms with E-state index in [1.54, 1.807) is 18.2 Å². The molecule has 0 radical (unpaired) electrons. The van der Waals surface area contributed by atoms with Gasteiger partial charge < -0.3 is 4.74 Å². The highest BCUT2D eigenvalue weighted by Gasteiger charge is 2.39. The van der Waals surface area contributed by atoms with Gasteiger partial charge in [-0.1, -0.05) is 6.07 Å². The normalized spacial score (nSPS) is 11.8. The summed E-state index contributed by atoms with van der Waals surface area (Å²) in [6.07, 6.45) is -3.83. The van der Waals surface area contributed by atoms with Crippen LogP contribution in [0.3, 0.4) is 0 Å². The number of rotatable bonds is 4. The zero-order valence-corrected chi connectivity index (χ0v) is 16.0. The van der Waals surface area contributed by atoms with Crippen molar-refractivity contribution in [1.29, 1.82) is 0 Å². The fourth-order valence-corrected chi connectivity index (χ4v) is 3.83. The molecule has 1 aromatic heterocycles. The lowest BCUT2D eigenvalue weighted by molar-refractivity contribution is -0.185. The van der Waals surface area contributed by atoms with E-state index in [1.165, 1.54) is 0 Å². The number of aryl methyl sites for hydroxylation is 1. The number of alkyl halides is 2.